The van der Waals surface area contributed by atoms with Crippen LogP contribution in [0.25, 0.3) is 0 Å². The van der Waals surface area contributed by atoms with Crippen LogP contribution in [0, 0.1) is 0 Å². The first-order valence-electron chi connectivity index (χ1n) is 8.10. The van der Waals surface area contributed by atoms with Crippen molar-refractivity contribution in [2.24, 2.45) is 0 Å². The smallest absolute Gasteiger partial charge is 0.235 e. The molecule has 130 valence electrons. The third kappa shape index (κ3) is 3.70. The van der Waals surface area contributed by atoms with Gasteiger partial charge in [0.1, 0.15) is 0 Å². The summed E-state index contributed by atoms with van der Waals surface area (Å²) in [5.74, 6) is 0. The molecular formula is C17H24N4O2S. The maximum absolute atomic E-state index is 11.8. The predicted octanol–water partition coefficient (Wildman–Crippen LogP) is 1.46. The van der Waals surface area contributed by atoms with E-state index in [1.165, 1.54) is 9.87 Å². The minimum Gasteiger partial charge on any atom is -0.296 e. The van der Waals surface area contributed by atoms with Gasteiger partial charge in [-0.05, 0) is 17.7 Å². The van der Waals surface area contributed by atoms with Gasteiger partial charge in [-0.15, -0.1) is 0 Å². The molecule has 1 aromatic carbocycles. The Labute approximate surface area is 144 Å². The van der Waals surface area contributed by atoms with Crippen molar-refractivity contribution >= 4 is 15.7 Å². The number of nitrogens with zero attached hydrogens (tertiary/aromatic N) is 4. The minimum atomic E-state index is -3.28. The molecule has 0 saturated carbocycles. The lowest BCUT2D eigenvalue weighted by molar-refractivity contribution is 0.182. The number of benzene rings is 1. The van der Waals surface area contributed by atoms with Crippen molar-refractivity contribution in [2.45, 2.75) is 6.54 Å². The van der Waals surface area contributed by atoms with Gasteiger partial charge in [0.15, 0.2) is 0 Å². The molecule has 0 aliphatic carbocycles. The number of likely N-dealkylation sites (N-methyl/N-ethyl adjacent to an activating group) is 1. The van der Waals surface area contributed by atoms with E-state index in [1.807, 2.05) is 0 Å². The topological polar surface area (TPSA) is 47.1 Å². The third-order valence-corrected chi connectivity index (χ3v) is 6.00. The molecule has 0 spiro atoms. The third-order valence-electron chi connectivity index (χ3n) is 4.49. The molecule has 0 atom stereocenters. The van der Waals surface area contributed by atoms with Gasteiger partial charge in [-0.2, -0.15) is 4.31 Å². The Balaban J connectivity index is 1.56. The zero-order valence-corrected chi connectivity index (χ0v) is 14.8. The fourth-order valence-electron chi connectivity index (χ4n) is 3.04. The van der Waals surface area contributed by atoms with E-state index in [-0.39, 0.29) is 0 Å². The highest BCUT2D eigenvalue weighted by atomic mass is 32.2. The second-order valence-corrected chi connectivity index (χ2v) is 8.00. The maximum Gasteiger partial charge on any atom is 0.235 e. The van der Waals surface area contributed by atoms with Crippen LogP contribution in [0.4, 0.5) is 5.69 Å². The SMILES string of the molecule is C=CS(=O)(=O)N1CCN(Cc2ccc(N3C=CCN3C)cc2)CC1. The molecule has 2 aliphatic rings. The first kappa shape index (κ1) is 17.2. The van der Waals surface area contributed by atoms with E-state index in [1.54, 1.807) is 0 Å². The van der Waals surface area contributed by atoms with E-state index >= 15 is 0 Å². The second-order valence-electron chi connectivity index (χ2n) is 6.12. The van der Waals surface area contributed by atoms with E-state index in [4.69, 9.17) is 0 Å². The van der Waals surface area contributed by atoms with E-state index in [9.17, 15) is 8.42 Å². The van der Waals surface area contributed by atoms with Crippen molar-refractivity contribution in [3.8, 4) is 0 Å². The molecule has 0 N–H and O–H groups in total. The quantitative estimate of drug-likeness (QED) is 0.806. The Morgan fingerprint density at radius 1 is 1.12 bits per heavy atom. The molecule has 0 unspecified atom stereocenters. The zero-order valence-electron chi connectivity index (χ0n) is 14.0. The van der Waals surface area contributed by atoms with Gasteiger partial charge in [0.05, 0.1) is 5.69 Å². The molecule has 1 aromatic rings. The van der Waals surface area contributed by atoms with Crippen LogP contribution in [0.15, 0.2) is 48.5 Å². The molecule has 1 saturated heterocycles. The van der Waals surface area contributed by atoms with Gasteiger partial charge >= 0.3 is 0 Å². The van der Waals surface area contributed by atoms with Crippen molar-refractivity contribution in [3.63, 3.8) is 0 Å². The summed E-state index contributed by atoms with van der Waals surface area (Å²) in [6, 6.07) is 8.53. The van der Waals surface area contributed by atoms with E-state index < -0.39 is 10.0 Å². The highest BCUT2D eigenvalue weighted by Gasteiger charge is 2.24. The van der Waals surface area contributed by atoms with Gasteiger partial charge in [-0.25, -0.2) is 13.4 Å². The lowest BCUT2D eigenvalue weighted by atomic mass is 10.2. The largest absolute Gasteiger partial charge is 0.296 e. The number of rotatable bonds is 5. The molecule has 6 nitrogen and oxygen atoms in total. The molecule has 2 aliphatic heterocycles. The summed E-state index contributed by atoms with van der Waals surface area (Å²) in [6.45, 7) is 7.69. The molecule has 2 heterocycles. The summed E-state index contributed by atoms with van der Waals surface area (Å²) in [6.07, 6.45) is 4.21. The van der Waals surface area contributed by atoms with Crippen molar-refractivity contribution in [1.82, 2.24) is 14.2 Å². The summed E-state index contributed by atoms with van der Waals surface area (Å²) in [4.78, 5) is 2.28. The van der Waals surface area contributed by atoms with E-state index in [0.29, 0.717) is 13.1 Å². The van der Waals surface area contributed by atoms with Crippen molar-refractivity contribution in [2.75, 3.05) is 44.8 Å². The van der Waals surface area contributed by atoms with Crippen LogP contribution in [0.1, 0.15) is 5.56 Å². The van der Waals surface area contributed by atoms with Gasteiger partial charge in [0.2, 0.25) is 10.0 Å². The molecule has 0 bridgehead atoms. The molecule has 0 amide bonds. The highest BCUT2D eigenvalue weighted by Crippen LogP contribution is 2.21. The lowest BCUT2D eigenvalue weighted by Gasteiger charge is -2.33. The van der Waals surface area contributed by atoms with Crippen LogP contribution in [0.2, 0.25) is 0 Å². The van der Waals surface area contributed by atoms with Crippen LogP contribution in [-0.2, 0) is 16.6 Å². The van der Waals surface area contributed by atoms with Gasteiger partial charge in [0, 0.05) is 57.9 Å². The Morgan fingerprint density at radius 2 is 1.79 bits per heavy atom. The summed E-state index contributed by atoms with van der Waals surface area (Å²) in [7, 11) is -1.22. The maximum atomic E-state index is 11.8. The van der Waals surface area contributed by atoms with E-state index in [0.717, 1.165) is 37.3 Å². The van der Waals surface area contributed by atoms with Gasteiger partial charge in [-0.3, -0.25) is 9.91 Å². The summed E-state index contributed by atoms with van der Waals surface area (Å²) >= 11 is 0. The van der Waals surface area contributed by atoms with Gasteiger partial charge in [0.25, 0.3) is 0 Å². The Hall–Kier alpha value is -1.67. The zero-order chi connectivity index (χ0) is 17.2. The fourth-order valence-corrected chi connectivity index (χ4v) is 3.93. The summed E-state index contributed by atoms with van der Waals surface area (Å²) < 4.78 is 25.1. The van der Waals surface area contributed by atoms with Gasteiger partial charge in [-0.1, -0.05) is 24.8 Å². The Kier molecular flexibility index (Phi) is 5.05. The lowest BCUT2D eigenvalue weighted by Crippen LogP contribution is -2.47. The number of hydrogen-bond donors (Lipinski definition) is 0. The van der Waals surface area contributed by atoms with Crippen molar-refractivity contribution < 1.29 is 8.42 Å². The molecule has 24 heavy (non-hydrogen) atoms. The predicted molar refractivity (Wildman–Crippen MR) is 96.7 cm³/mol. The molecule has 0 radical (unpaired) electrons. The first-order chi connectivity index (χ1) is 11.5. The number of anilines is 1. The van der Waals surface area contributed by atoms with Crippen LogP contribution in [-0.4, -0.2) is 62.4 Å². The number of hydrazine groups is 1. The monoisotopic (exact) mass is 348 g/mol. The summed E-state index contributed by atoms with van der Waals surface area (Å²) in [5, 5.41) is 5.31. The number of sulfonamides is 1. The van der Waals surface area contributed by atoms with Crippen LogP contribution >= 0.6 is 0 Å². The van der Waals surface area contributed by atoms with Gasteiger partial charge < -0.3 is 0 Å². The molecule has 1 fully saturated rings. The number of piperazine rings is 1. The molecule has 7 heteroatoms. The molecule has 0 aromatic heterocycles. The highest BCUT2D eigenvalue weighted by molar-refractivity contribution is 7.92. The van der Waals surface area contributed by atoms with Crippen molar-refractivity contribution in [1.29, 1.82) is 0 Å². The normalized spacial score (nSPS) is 20.6. The fraction of sp³-hybridized carbons (Fsp3) is 0.412. The van der Waals surface area contributed by atoms with Crippen LogP contribution < -0.4 is 5.01 Å². The first-order valence-corrected chi connectivity index (χ1v) is 9.61. The average Bonchev–Trinajstić information content (AvgIpc) is 3.02. The molecule has 3 rings (SSSR count). The summed E-state index contributed by atoms with van der Waals surface area (Å²) in [5.41, 5.74) is 2.39. The minimum absolute atomic E-state index is 0.524. The van der Waals surface area contributed by atoms with Crippen LogP contribution in [0.3, 0.4) is 0 Å². The Bertz CT molecular complexity index is 707. The number of hydrogen-bond acceptors (Lipinski definition) is 5. The Morgan fingerprint density at radius 3 is 2.33 bits per heavy atom. The van der Waals surface area contributed by atoms with E-state index in [2.05, 4.69) is 65.1 Å². The molecular weight excluding hydrogens is 324 g/mol. The standard InChI is InChI=1S/C17H24N4O2S/c1-3-24(22,23)20-13-11-19(12-14-20)15-16-5-7-17(8-6-16)21-10-4-9-18(21)2/h3-8,10H,1,9,11-15H2,2H3. The second kappa shape index (κ2) is 7.06. The average molecular weight is 348 g/mol. The van der Waals surface area contributed by atoms with Crippen molar-refractivity contribution in [3.05, 3.63) is 54.1 Å². The van der Waals surface area contributed by atoms with Crippen LogP contribution in [0.5, 0.6) is 0 Å².